The molecule has 9 heteroatoms. The molecular weight excluding hydrogens is 469 g/mol. The van der Waals surface area contributed by atoms with Crippen molar-refractivity contribution in [2.24, 2.45) is 0 Å². The number of hydrazine groups is 1. The van der Waals surface area contributed by atoms with E-state index in [2.05, 4.69) is 36.6 Å². The van der Waals surface area contributed by atoms with Gasteiger partial charge in [-0.3, -0.25) is 20.4 Å². The van der Waals surface area contributed by atoms with Crippen molar-refractivity contribution in [1.29, 1.82) is 0 Å². The third-order valence-electron chi connectivity index (χ3n) is 4.60. The maximum atomic E-state index is 12.5. The Morgan fingerprint density at radius 1 is 1.03 bits per heavy atom. The van der Waals surface area contributed by atoms with Crippen LogP contribution in [0.1, 0.15) is 57.1 Å². The van der Waals surface area contributed by atoms with Crippen molar-refractivity contribution >= 4 is 46.4 Å². The van der Waals surface area contributed by atoms with Gasteiger partial charge in [-0.15, -0.1) is 11.3 Å². The molecule has 168 valence electrons. The number of rotatable bonds is 5. The van der Waals surface area contributed by atoms with Gasteiger partial charge in [0.15, 0.2) is 0 Å². The molecule has 3 rings (SSSR count). The first-order valence-corrected chi connectivity index (χ1v) is 11.4. The minimum atomic E-state index is -0.551. The lowest BCUT2D eigenvalue weighted by atomic mass is 9.87. The zero-order chi connectivity index (χ0) is 23.5. The Kier molecular flexibility index (Phi) is 7.44. The fourth-order valence-electron chi connectivity index (χ4n) is 2.83. The highest BCUT2D eigenvalue weighted by Gasteiger charge is 2.18. The molecule has 0 saturated carbocycles. The van der Waals surface area contributed by atoms with Crippen LogP contribution in [0.25, 0.3) is 0 Å². The van der Waals surface area contributed by atoms with E-state index >= 15 is 0 Å². The average molecular weight is 492 g/mol. The van der Waals surface area contributed by atoms with E-state index < -0.39 is 11.8 Å². The number of halogens is 2. The van der Waals surface area contributed by atoms with Gasteiger partial charge >= 0.3 is 0 Å². The predicted molar refractivity (Wildman–Crippen MR) is 128 cm³/mol. The zero-order valence-corrected chi connectivity index (χ0v) is 20.4. The first-order valence-electron chi connectivity index (χ1n) is 9.80. The molecule has 0 saturated heterocycles. The fraction of sp³-hybridized carbons (Fsp3) is 0.261. The van der Waals surface area contributed by atoms with E-state index in [1.165, 1.54) is 29.0 Å². The average Bonchev–Trinajstić information content (AvgIpc) is 3.10. The second kappa shape index (κ2) is 9.90. The number of amides is 2. The molecule has 0 unspecified atom stereocenters. The highest BCUT2D eigenvalue weighted by molar-refractivity contribution is 7.13. The minimum Gasteiger partial charge on any atom is -0.486 e. The molecule has 3 aromatic rings. The molecule has 1 aromatic heterocycles. The highest BCUT2D eigenvalue weighted by Crippen LogP contribution is 2.25. The van der Waals surface area contributed by atoms with Crippen molar-refractivity contribution in [2.75, 3.05) is 0 Å². The first kappa shape index (κ1) is 24.0. The van der Waals surface area contributed by atoms with Crippen molar-refractivity contribution in [2.45, 2.75) is 39.7 Å². The van der Waals surface area contributed by atoms with Crippen molar-refractivity contribution in [1.82, 2.24) is 15.8 Å². The molecule has 0 bridgehead atoms. The molecule has 32 heavy (non-hydrogen) atoms. The number of carbonyl (C=O) groups excluding carboxylic acids is 2. The minimum absolute atomic E-state index is 0.0710. The third-order valence-corrected chi connectivity index (χ3v) is 6.27. The normalized spacial score (nSPS) is 11.2. The zero-order valence-electron chi connectivity index (χ0n) is 18.1. The number of ether oxygens (including phenoxy) is 1. The van der Waals surface area contributed by atoms with Crippen LogP contribution in [0, 0.1) is 6.92 Å². The van der Waals surface area contributed by atoms with Crippen LogP contribution in [-0.2, 0) is 12.0 Å². The van der Waals surface area contributed by atoms with E-state index in [0.717, 1.165) is 5.75 Å². The summed E-state index contributed by atoms with van der Waals surface area (Å²) in [4.78, 5) is 29.6. The number of nitrogens with zero attached hydrogens (tertiary/aromatic N) is 1. The van der Waals surface area contributed by atoms with Gasteiger partial charge in [0.1, 0.15) is 22.2 Å². The summed E-state index contributed by atoms with van der Waals surface area (Å²) in [6.07, 6.45) is 0. The van der Waals surface area contributed by atoms with E-state index in [1.807, 2.05) is 24.3 Å². The van der Waals surface area contributed by atoms with Gasteiger partial charge in [-0.25, -0.2) is 4.98 Å². The van der Waals surface area contributed by atoms with Crippen LogP contribution in [0.15, 0.2) is 42.5 Å². The number of hydrogen-bond acceptors (Lipinski definition) is 5. The Morgan fingerprint density at radius 2 is 1.69 bits per heavy atom. The van der Waals surface area contributed by atoms with Gasteiger partial charge in [0.25, 0.3) is 11.8 Å². The van der Waals surface area contributed by atoms with Gasteiger partial charge in [0, 0.05) is 5.02 Å². The SMILES string of the molecule is Cc1nc(COc2ccc(C(C)(C)C)cc2)sc1C(=O)NNC(=O)c1ccc(Cl)cc1Cl. The number of nitrogens with one attached hydrogen (secondary N) is 2. The summed E-state index contributed by atoms with van der Waals surface area (Å²) < 4.78 is 5.81. The molecule has 2 N–H and O–H groups in total. The number of thiazole rings is 1. The smallest absolute Gasteiger partial charge is 0.281 e. The van der Waals surface area contributed by atoms with Crippen LogP contribution in [0.5, 0.6) is 5.75 Å². The molecule has 0 radical (unpaired) electrons. The Bertz CT molecular complexity index is 1140. The lowest BCUT2D eigenvalue weighted by Crippen LogP contribution is -2.41. The summed E-state index contributed by atoms with van der Waals surface area (Å²) in [6, 6.07) is 12.4. The van der Waals surface area contributed by atoms with Crippen molar-refractivity contribution in [3.8, 4) is 5.75 Å². The monoisotopic (exact) mass is 491 g/mol. The molecule has 0 fully saturated rings. The first-order chi connectivity index (χ1) is 15.0. The van der Waals surface area contributed by atoms with Gasteiger partial charge in [-0.1, -0.05) is 56.1 Å². The number of aryl methyl sites for hydroxylation is 1. The topological polar surface area (TPSA) is 80.3 Å². The summed E-state index contributed by atoms with van der Waals surface area (Å²) in [6.45, 7) is 8.42. The maximum absolute atomic E-state index is 12.5. The van der Waals surface area contributed by atoms with Gasteiger partial charge in [-0.2, -0.15) is 0 Å². The predicted octanol–water partition coefficient (Wildman–Crippen LogP) is 5.71. The number of aromatic nitrogens is 1. The van der Waals surface area contributed by atoms with E-state index in [4.69, 9.17) is 27.9 Å². The van der Waals surface area contributed by atoms with E-state index in [-0.39, 0.29) is 22.6 Å². The van der Waals surface area contributed by atoms with Crippen LogP contribution in [-0.4, -0.2) is 16.8 Å². The van der Waals surface area contributed by atoms with Crippen LogP contribution in [0.4, 0.5) is 0 Å². The standard InChI is InChI=1S/C23H23Cl2N3O3S/c1-13-20(22(30)28-27-21(29)17-10-7-15(24)11-18(17)25)32-19(26-13)12-31-16-8-5-14(6-9-16)23(2,3)4/h5-11H,12H2,1-4H3,(H,27,29)(H,28,30). The van der Waals surface area contributed by atoms with Gasteiger partial charge in [0.2, 0.25) is 0 Å². The molecule has 2 aromatic carbocycles. The summed E-state index contributed by atoms with van der Waals surface area (Å²) in [5.74, 6) is -0.298. The molecule has 0 atom stereocenters. The second-order valence-electron chi connectivity index (χ2n) is 8.12. The van der Waals surface area contributed by atoms with Gasteiger partial charge in [-0.05, 0) is 48.2 Å². The molecule has 2 amide bonds. The molecular formula is C23H23Cl2N3O3S. The quantitative estimate of drug-likeness (QED) is 0.447. The molecule has 6 nitrogen and oxygen atoms in total. The summed E-state index contributed by atoms with van der Waals surface area (Å²) in [7, 11) is 0. The number of hydrogen-bond donors (Lipinski definition) is 2. The van der Waals surface area contributed by atoms with Crippen LogP contribution >= 0.6 is 34.5 Å². The second-order valence-corrected chi connectivity index (χ2v) is 10.0. The summed E-state index contributed by atoms with van der Waals surface area (Å²) in [5, 5.41) is 1.25. The van der Waals surface area contributed by atoms with Crippen molar-refractivity contribution < 1.29 is 14.3 Å². The van der Waals surface area contributed by atoms with E-state index in [1.54, 1.807) is 13.0 Å². The maximum Gasteiger partial charge on any atom is 0.281 e. The van der Waals surface area contributed by atoms with Gasteiger partial charge < -0.3 is 4.74 Å². The lowest BCUT2D eigenvalue weighted by molar-refractivity contribution is 0.0848. The number of benzene rings is 2. The molecule has 0 aliphatic heterocycles. The van der Waals surface area contributed by atoms with Crippen molar-refractivity contribution in [3.05, 3.63) is 79.2 Å². The Morgan fingerprint density at radius 3 is 2.31 bits per heavy atom. The molecule has 0 spiro atoms. The molecule has 0 aliphatic rings. The van der Waals surface area contributed by atoms with Gasteiger partial charge in [0.05, 0.1) is 16.3 Å². The van der Waals surface area contributed by atoms with Crippen LogP contribution < -0.4 is 15.6 Å². The summed E-state index contributed by atoms with van der Waals surface area (Å²) >= 11 is 13.1. The van der Waals surface area contributed by atoms with E-state index in [9.17, 15) is 9.59 Å². The Hall–Kier alpha value is -2.61. The third kappa shape index (κ3) is 6.00. The molecule has 1 heterocycles. The van der Waals surface area contributed by atoms with Crippen LogP contribution in [0.2, 0.25) is 10.0 Å². The Labute approximate surface area is 200 Å². The van der Waals surface area contributed by atoms with Crippen LogP contribution in [0.3, 0.4) is 0 Å². The molecule has 0 aliphatic carbocycles. The summed E-state index contributed by atoms with van der Waals surface area (Å²) in [5.41, 5.74) is 6.77. The van der Waals surface area contributed by atoms with E-state index in [0.29, 0.717) is 20.6 Å². The fourth-order valence-corrected chi connectivity index (χ4v) is 4.20. The largest absolute Gasteiger partial charge is 0.486 e. The van der Waals surface area contributed by atoms with Crippen molar-refractivity contribution in [3.63, 3.8) is 0 Å². The lowest BCUT2D eigenvalue weighted by Gasteiger charge is -2.19. The number of carbonyl (C=O) groups is 2. The highest BCUT2D eigenvalue weighted by atomic mass is 35.5. The Balaban J connectivity index is 1.58.